The molecule has 0 atom stereocenters. The number of aryl methyl sites for hydroxylation is 4. The first-order valence-electron chi connectivity index (χ1n) is 19.1. The molecule has 0 aliphatic heterocycles. The molecule has 0 spiro atoms. The van der Waals surface area contributed by atoms with Crippen LogP contribution in [0.5, 0.6) is 0 Å². The first-order valence-corrected chi connectivity index (χ1v) is 19.1. The Morgan fingerprint density at radius 3 is 1.41 bits per heavy atom. The van der Waals surface area contributed by atoms with Gasteiger partial charge in [-0.05, 0) is 104 Å². The molecule has 0 fully saturated rings. The maximum absolute atomic E-state index is 11.2. The Bertz CT molecular complexity index is 3240. The summed E-state index contributed by atoms with van der Waals surface area (Å²) in [5.41, 5.74) is 17.7. The van der Waals surface area contributed by atoms with Gasteiger partial charge in [-0.1, -0.05) is 120 Å². The van der Waals surface area contributed by atoms with Crippen molar-refractivity contribution in [2.75, 3.05) is 0 Å². The van der Waals surface area contributed by atoms with E-state index in [0.29, 0.717) is 5.56 Å². The highest BCUT2D eigenvalue weighted by molar-refractivity contribution is 6.12. The van der Waals surface area contributed by atoms with Crippen LogP contribution < -0.4 is 0 Å². The lowest BCUT2D eigenvalue weighted by Gasteiger charge is -2.19. The van der Waals surface area contributed by atoms with Crippen molar-refractivity contribution in [3.63, 3.8) is 0 Å². The molecule has 266 valence electrons. The summed E-state index contributed by atoms with van der Waals surface area (Å²) in [6, 6.07) is 59.2. The number of aromatic nitrogens is 3. The van der Waals surface area contributed by atoms with Crippen LogP contribution in [0.25, 0.3) is 88.4 Å². The molecule has 3 heterocycles. The Hall–Kier alpha value is -7.22. The fraction of sp³-hybridized carbons (Fsp3) is 0.0769. The van der Waals surface area contributed by atoms with E-state index in [1.807, 2.05) is 0 Å². The van der Waals surface area contributed by atoms with Crippen molar-refractivity contribution in [3.8, 4) is 50.8 Å². The van der Waals surface area contributed by atoms with E-state index in [9.17, 15) is 5.26 Å². The average Bonchev–Trinajstić information content (AvgIpc) is 3.72. The minimum atomic E-state index is 0.593. The van der Waals surface area contributed by atoms with Crippen LogP contribution in [0.4, 0.5) is 0 Å². The summed E-state index contributed by atoms with van der Waals surface area (Å²) in [5.74, 6) is 0. The highest BCUT2D eigenvalue weighted by atomic mass is 15.0. The van der Waals surface area contributed by atoms with Gasteiger partial charge in [0.2, 0.25) is 0 Å². The van der Waals surface area contributed by atoms with Crippen LogP contribution in [0, 0.1) is 39.0 Å². The molecule has 56 heavy (non-hydrogen) atoms. The highest BCUT2D eigenvalue weighted by Crippen LogP contribution is 2.42. The van der Waals surface area contributed by atoms with E-state index in [1.165, 1.54) is 33.0 Å². The van der Waals surface area contributed by atoms with E-state index < -0.39 is 0 Å². The molecular weight excluding hydrogens is 681 g/mol. The van der Waals surface area contributed by atoms with Crippen LogP contribution in [0.3, 0.4) is 0 Å². The van der Waals surface area contributed by atoms with Gasteiger partial charge in [0.25, 0.3) is 0 Å². The van der Waals surface area contributed by atoms with Gasteiger partial charge in [-0.3, -0.25) is 4.98 Å². The summed E-state index contributed by atoms with van der Waals surface area (Å²) in [6.07, 6.45) is 0. The SMILES string of the molecule is Cc1cccc(-c2ccc3c4ccccc4n(-c4cc(-c5cc(C)nc(C)c5)c(-n5c6ccccc6c6ccc(-c7cccc(C)c7)cc65)cc4C#N)c3c2)c1. The number of pyridine rings is 1. The van der Waals surface area contributed by atoms with Gasteiger partial charge in [0, 0.05) is 38.5 Å². The van der Waals surface area contributed by atoms with Crippen LogP contribution in [0.15, 0.2) is 158 Å². The summed E-state index contributed by atoms with van der Waals surface area (Å²) in [4.78, 5) is 4.77. The van der Waals surface area contributed by atoms with Gasteiger partial charge in [0.15, 0.2) is 0 Å². The fourth-order valence-corrected chi connectivity index (χ4v) is 8.73. The molecule has 0 N–H and O–H groups in total. The summed E-state index contributed by atoms with van der Waals surface area (Å²) in [6.45, 7) is 8.37. The molecule has 0 bridgehead atoms. The Kier molecular flexibility index (Phi) is 7.73. The zero-order chi connectivity index (χ0) is 38.1. The molecular formula is C52H38N4. The predicted octanol–water partition coefficient (Wildman–Crippen LogP) is 13.4. The number of para-hydroxylation sites is 2. The van der Waals surface area contributed by atoms with Crippen LogP contribution in [0.2, 0.25) is 0 Å². The van der Waals surface area contributed by atoms with Crippen LogP contribution in [-0.4, -0.2) is 14.1 Å². The van der Waals surface area contributed by atoms with Gasteiger partial charge >= 0.3 is 0 Å². The first kappa shape index (κ1) is 33.4. The van der Waals surface area contributed by atoms with Crippen molar-refractivity contribution in [1.29, 1.82) is 5.26 Å². The zero-order valence-electron chi connectivity index (χ0n) is 31.8. The number of hydrogen-bond donors (Lipinski definition) is 0. The molecule has 0 aliphatic carbocycles. The van der Waals surface area contributed by atoms with Crippen molar-refractivity contribution >= 4 is 43.6 Å². The normalized spacial score (nSPS) is 11.6. The van der Waals surface area contributed by atoms with Crippen molar-refractivity contribution in [1.82, 2.24) is 14.1 Å². The van der Waals surface area contributed by atoms with Gasteiger partial charge in [0.05, 0.1) is 39.0 Å². The van der Waals surface area contributed by atoms with Gasteiger partial charge < -0.3 is 9.13 Å². The zero-order valence-corrected chi connectivity index (χ0v) is 31.8. The molecule has 4 nitrogen and oxygen atoms in total. The second-order valence-corrected chi connectivity index (χ2v) is 15.0. The van der Waals surface area contributed by atoms with E-state index in [0.717, 1.165) is 77.9 Å². The van der Waals surface area contributed by atoms with Gasteiger partial charge in [-0.2, -0.15) is 5.26 Å². The Labute approximate surface area is 326 Å². The van der Waals surface area contributed by atoms with E-state index >= 15 is 0 Å². The third kappa shape index (κ3) is 5.40. The highest BCUT2D eigenvalue weighted by Gasteiger charge is 2.22. The third-order valence-electron chi connectivity index (χ3n) is 11.2. The number of benzene rings is 7. The van der Waals surface area contributed by atoms with Crippen molar-refractivity contribution in [2.24, 2.45) is 0 Å². The topological polar surface area (TPSA) is 46.5 Å². The molecule has 0 unspecified atom stereocenters. The molecule has 3 aromatic heterocycles. The Balaban J connectivity index is 1.32. The molecule has 10 aromatic rings. The predicted molar refractivity (Wildman–Crippen MR) is 233 cm³/mol. The first-order chi connectivity index (χ1) is 27.3. The summed E-state index contributed by atoms with van der Waals surface area (Å²) in [5, 5.41) is 15.8. The van der Waals surface area contributed by atoms with E-state index in [2.05, 4.69) is 201 Å². The summed E-state index contributed by atoms with van der Waals surface area (Å²) < 4.78 is 4.65. The second-order valence-electron chi connectivity index (χ2n) is 15.0. The quantitative estimate of drug-likeness (QED) is 0.178. The monoisotopic (exact) mass is 718 g/mol. The van der Waals surface area contributed by atoms with Crippen LogP contribution in [-0.2, 0) is 0 Å². The lowest BCUT2D eigenvalue weighted by atomic mass is 9.98. The molecule has 0 amide bonds. The number of rotatable bonds is 5. The van der Waals surface area contributed by atoms with Crippen molar-refractivity contribution in [2.45, 2.75) is 27.7 Å². The molecule has 0 aliphatic rings. The van der Waals surface area contributed by atoms with E-state index in [4.69, 9.17) is 4.98 Å². The Morgan fingerprint density at radius 1 is 0.411 bits per heavy atom. The number of fused-ring (bicyclic) bond motifs is 6. The van der Waals surface area contributed by atoms with Gasteiger partial charge in [0.1, 0.15) is 6.07 Å². The van der Waals surface area contributed by atoms with Crippen molar-refractivity contribution in [3.05, 3.63) is 186 Å². The minimum Gasteiger partial charge on any atom is -0.309 e. The van der Waals surface area contributed by atoms with Gasteiger partial charge in [-0.25, -0.2) is 0 Å². The van der Waals surface area contributed by atoms with Crippen LogP contribution in [0.1, 0.15) is 28.1 Å². The maximum atomic E-state index is 11.2. The smallest absolute Gasteiger partial charge is 0.101 e. The number of hydrogen-bond acceptors (Lipinski definition) is 2. The second kappa shape index (κ2) is 13.0. The average molecular weight is 719 g/mol. The Morgan fingerprint density at radius 2 is 0.893 bits per heavy atom. The lowest BCUT2D eigenvalue weighted by molar-refractivity contribution is 1.11. The molecule has 0 radical (unpaired) electrons. The molecule has 4 heteroatoms. The van der Waals surface area contributed by atoms with E-state index in [-0.39, 0.29) is 0 Å². The molecule has 7 aromatic carbocycles. The number of nitriles is 1. The van der Waals surface area contributed by atoms with Crippen molar-refractivity contribution < 1.29 is 0 Å². The molecule has 10 rings (SSSR count). The molecule has 0 saturated heterocycles. The fourth-order valence-electron chi connectivity index (χ4n) is 8.73. The standard InChI is InChI=1S/C52H38N4/c1-32-11-9-13-36(23-32)38-19-21-44-42-15-5-7-17-47(42)55(50(44)27-38)49-30-46(40-25-34(3)54-35(4)26-40)52(29-41(49)31-53)56-48-18-8-6-16-43(48)45-22-20-39(28-51(45)56)37-14-10-12-33(2)24-37/h5-30H,1-4H3. The number of nitrogens with zero attached hydrogens (tertiary/aromatic N) is 4. The summed E-state index contributed by atoms with van der Waals surface area (Å²) in [7, 11) is 0. The maximum Gasteiger partial charge on any atom is 0.101 e. The minimum absolute atomic E-state index is 0.593. The van der Waals surface area contributed by atoms with Gasteiger partial charge in [-0.15, -0.1) is 0 Å². The lowest BCUT2D eigenvalue weighted by Crippen LogP contribution is -2.04. The van der Waals surface area contributed by atoms with Crippen LogP contribution >= 0.6 is 0 Å². The third-order valence-corrected chi connectivity index (χ3v) is 11.2. The summed E-state index contributed by atoms with van der Waals surface area (Å²) >= 11 is 0. The largest absolute Gasteiger partial charge is 0.309 e. The molecule has 0 saturated carbocycles. The van der Waals surface area contributed by atoms with E-state index in [1.54, 1.807) is 0 Å².